The van der Waals surface area contributed by atoms with Gasteiger partial charge in [-0.25, -0.2) is 0 Å². The fourth-order valence-corrected chi connectivity index (χ4v) is 8.91. The van der Waals surface area contributed by atoms with Crippen LogP contribution < -0.4 is 0 Å². The molecule has 2 aromatic rings. The van der Waals surface area contributed by atoms with Crippen LogP contribution in [0.2, 0.25) is 0 Å². The number of hydrogen-bond donors (Lipinski definition) is 2. The largest absolute Gasteiger partial charge is 0.340 e. The molecule has 0 radical (unpaired) electrons. The average molecular weight is 655 g/mol. The molecule has 0 fully saturated rings. The molecule has 2 rings (SSSR count). The van der Waals surface area contributed by atoms with Crippen LogP contribution in [0.4, 0.5) is 0 Å². The Bertz CT molecular complexity index is 1010. The van der Waals surface area contributed by atoms with E-state index in [-0.39, 0.29) is 0 Å². The molecule has 0 heterocycles. The van der Waals surface area contributed by atoms with E-state index in [1.54, 1.807) is 0 Å². The zero-order valence-corrected chi connectivity index (χ0v) is 31.1. The predicted octanol–water partition coefficient (Wildman–Crippen LogP) is 13.6. The van der Waals surface area contributed by atoms with Crippen LogP contribution in [0.25, 0.3) is 0 Å². The van der Waals surface area contributed by atoms with E-state index in [4.69, 9.17) is 0 Å². The molecule has 46 heavy (non-hydrogen) atoms. The average Bonchev–Trinajstić information content (AvgIpc) is 3.05. The van der Waals surface area contributed by atoms with Crippen molar-refractivity contribution in [2.45, 2.75) is 193 Å². The van der Waals surface area contributed by atoms with Gasteiger partial charge in [0.2, 0.25) is 0 Å². The summed E-state index contributed by atoms with van der Waals surface area (Å²) in [5.74, 6) is 0. The van der Waals surface area contributed by atoms with Gasteiger partial charge >= 0.3 is 7.60 Å². The summed E-state index contributed by atoms with van der Waals surface area (Å²) in [7, 11) is -4.59. The first-order chi connectivity index (χ1) is 22.4. The standard InChI is InChI=1S/C42H71O3P/c1-4-7-10-13-16-17-20-23-30-37-42(46(43,44)45,40-35-28-26-33-38(40)31-24-21-18-14-11-8-5-2)41-36-29-27-34-39(41)32-25-22-19-15-12-9-6-3/h26-29,33-36H,4-25,30-32,37H2,1-3H3,(H2,43,44,45). The molecule has 0 aliphatic rings. The highest BCUT2D eigenvalue weighted by Gasteiger charge is 2.51. The third kappa shape index (κ3) is 14.4. The molecular weight excluding hydrogens is 583 g/mol. The zero-order chi connectivity index (χ0) is 33.4. The molecule has 2 aromatic carbocycles. The summed E-state index contributed by atoms with van der Waals surface area (Å²) in [6.45, 7) is 6.77. The first-order valence-corrected chi connectivity index (χ1v) is 21.3. The summed E-state index contributed by atoms with van der Waals surface area (Å²) in [5, 5.41) is -1.30. The van der Waals surface area contributed by atoms with Gasteiger partial charge in [0.1, 0.15) is 5.16 Å². The van der Waals surface area contributed by atoms with Crippen LogP contribution in [-0.2, 0) is 22.6 Å². The van der Waals surface area contributed by atoms with Crippen molar-refractivity contribution >= 4 is 7.60 Å². The quantitative estimate of drug-likeness (QED) is 0.0678. The number of hydrogen-bond acceptors (Lipinski definition) is 1. The Kier molecular flexibility index (Phi) is 21.9. The Hall–Kier alpha value is -1.41. The van der Waals surface area contributed by atoms with Crippen LogP contribution in [0, 0.1) is 0 Å². The van der Waals surface area contributed by atoms with Crippen molar-refractivity contribution in [3.05, 3.63) is 70.8 Å². The Morgan fingerprint density at radius 2 is 0.761 bits per heavy atom. The van der Waals surface area contributed by atoms with Crippen molar-refractivity contribution in [3.8, 4) is 0 Å². The lowest BCUT2D eigenvalue weighted by Crippen LogP contribution is -2.31. The third-order valence-electron chi connectivity index (χ3n) is 10.2. The lowest BCUT2D eigenvalue weighted by Gasteiger charge is -2.38. The molecule has 0 amide bonds. The van der Waals surface area contributed by atoms with E-state index >= 15 is 0 Å². The highest BCUT2D eigenvalue weighted by molar-refractivity contribution is 7.53. The van der Waals surface area contributed by atoms with Crippen molar-refractivity contribution in [3.63, 3.8) is 0 Å². The molecule has 0 bridgehead atoms. The minimum absolute atomic E-state index is 0.495. The zero-order valence-electron chi connectivity index (χ0n) is 30.3. The summed E-state index contributed by atoms with van der Waals surface area (Å²) in [5.41, 5.74) is 4.00. The van der Waals surface area contributed by atoms with Crippen LogP contribution in [0.15, 0.2) is 48.5 Å². The third-order valence-corrected chi connectivity index (χ3v) is 11.9. The second-order valence-corrected chi connectivity index (χ2v) is 15.9. The van der Waals surface area contributed by atoms with Gasteiger partial charge in [0.05, 0.1) is 0 Å². The molecule has 3 nitrogen and oxygen atoms in total. The molecule has 0 spiro atoms. The maximum Gasteiger partial charge on any atom is 0.340 e. The van der Waals surface area contributed by atoms with Gasteiger partial charge in [-0.2, -0.15) is 0 Å². The molecule has 0 aliphatic carbocycles. The first kappa shape index (κ1) is 40.8. The van der Waals surface area contributed by atoms with Crippen molar-refractivity contribution in [1.29, 1.82) is 0 Å². The molecule has 0 unspecified atom stereocenters. The van der Waals surface area contributed by atoms with Gasteiger partial charge in [-0.3, -0.25) is 4.57 Å². The first-order valence-electron chi connectivity index (χ1n) is 19.6. The molecule has 0 saturated heterocycles. The van der Waals surface area contributed by atoms with Crippen molar-refractivity contribution < 1.29 is 14.4 Å². The van der Waals surface area contributed by atoms with Crippen LogP contribution in [0.5, 0.6) is 0 Å². The molecule has 2 N–H and O–H groups in total. The maximum atomic E-state index is 14.1. The van der Waals surface area contributed by atoms with E-state index in [2.05, 4.69) is 45.0 Å². The molecule has 0 aromatic heterocycles. The monoisotopic (exact) mass is 655 g/mol. The molecule has 4 heteroatoms. The molecule has 0 aliphatic heterocycles. The highest BCUT2D eigenvalue weighted by atomic mass is 31.2. The van der Waals surface area contributed by atoms with Gasteiger partial charge in [0.25, 0.3) is 0 Å². The normalized spacial score (nSPS) is 12.2. The Labute approximate surface area is 284 Å². The SMILES string of the molecule is CCCCCCCCCCCC(c1ccccc1CCCCCCCCC)(c1ccccc1CCCCCCCCC)P(=O)(O)O. The molecule has 0 atom stereocenters. The lowest BCUT2D eigenvalue weighted by atomic mass is 9.79. The Morgan fingerprint density at radius 3 is 1.11 bits per heavy atom. The van der Waals surface area contributed by atoms with E-state index in [0.29, 0.717) is 6.42 Å². The summed E-state index contributed by atoms with van der Waals surface area (Å²) < 4.78 is 14.1. The maximum absolute atomic E-state index is 14.1. The summed E-state index contributed by atoms with van der Waals surface area (Å²) >= 11 is 0. The second-order valence-electron chi connectivity index (χ2n) is 14.0. The Morgan fingerprint density at radius 1 is 0.457 bits per heavy atom. The fourth-order valence-electron chi connectivity index (χ4n) is 7.39. The minimum Gasteiger partial charge on any atom is -0.324 e. The van der Waals surface area contributed by atoms with Crippen molar-refractivity contribution in [2.24, 2.45) is 0 Å². The summed E-state index contributed by atoms with van der Waals surface area (Å²) in [6, 6.07) is 16.5. The van der Waals surface area contributed by atoms with Crippen LogP contribution in [-0.4, -0.2) is 9.79 Å². The number of aryl methyl sites for hydroxylation is 2. The lowest BCUT2D eigenvalue weighted by molar-refractivity contribution is 0.327. The van der Waals surface area contributed by atoms with Crippen LogP contribution >= 0.6 is 7.60 Å². The van der Waals surface area contributed by atoms with Gasteiger partial charge in [-0.1, -0.05) is 204 Å². The van der Waals surface area contributed by atoms with E-state index in [1.807, 2.05) is 24.3 Å². The number of unbranched alkanes of at least 4 members (excludes halogenated alkanes) is 20. The van der Waals surface area contributed by atoms with Gasteiger partial charge in [0.15, 0.2) is 0 Å². The summed E-state index contributed by atoms with van der Waals surface area (Å²) in [6.07, 6.45) is 30.2. The van der Waals surface area contributed by atoms with E-state index < -0.39 is 12.8 Å². The van der Waals surface area contributed by atoms with Crippen molar-refractivity contribution in [1.82, 2.24) is 0 Å². The topological polar surface area (TPSA) is 57.5 Å². The number of rotatable bonds is 29. The van der Waals surface area contributed by atoms with E-state index in [0.717, 1.165) is 67.2 Å². The van der Waals surface area contributed by atoms with E-state index in [1.165, 1.54) is 116 Å². The molecular formula is C42H71O3P. The Balaban J connectivity index is 2.33. The van der Waals surface area contributed by atoms with Crippen LogP contribution in [0.1, 0.15) is 197 Å². The minimum atomic E-state index is -4.59. The predicted molar refractivity (Wildman–Crippen MR) is 201 cm³/mol. The van der Waals surface area contributed by atoms with Crippen molar-refractivity contribution in [2.75, 3.05) is 0 Å². The van der Waals surface area contributed by atoms with Crippen LogP contribution in [0.3, 0.4) is 0 Å². The van der Waals surface area contributed by atoms with Gasteiger partial charge < -0.3 is 9.79 Å². The van der Waals surface area contributed by atoms with E-state index in [9.17, 15) is 14.4 Å². The highest BCUT2D eigenvalue weighted by Crippen LogP contribution is 2.64. The second kappa shape index (κ2) is 24.7. The molecule has 262 valence electrons. The fraction of sp³-hybridized carbons (Fsp3) is 0.714. The smallest absolute Gasteiger partial charge is 0.324 e. The summed E-state index contributed by atoms with van der Waals surface area (Å²) in [4.78, 5) is 23.0. The van der Waals surface area contributed by atoms with Gasteiger partial charge in [-0.15, -0.1) is 0 Å². The van der Waals surface area contributed by atoms with Gasteiger partial charge in [0, 0.05) is 0 Å². The van der Waals surface area contributed by atoms with Gasteiger partial charge in [-0.05, 0) is 54.4 Å². The number of benzene rings is 2. The molecule has 0 saturated carbocycles.